The van der Waals surface area contributed by atoms with Gasteiger partial charge in [-0.1, -0.05) is 104 Å². The van der Waals surface area contributed by atoms with Crippen LogP contribution in [0.15, 0.2) is 36.4 Å². The minimum absolute atomic E-state index is 0.0654. The Hall–Kier alpha value is -0.460. The standard InChI is InChI=1S/C19H7Cl9N2O/c20-7-1-10(21)18(28)15(2-7)30(9-5-13(24)17(27)14(25)6-9)19(31)29-8-3-11(22)16(26)12(23)4-8/h1-6H,(H,29,31). The molecule has 3 nitrogen and oxygen atoms in total. The minimum Gasteiger partial charge on any atom is -0.307 e. The van der Waals surface area contributed by atoms with Gasteiger partial charge in [0.05, 0.1) is 51.6 Å². The number of anilines is 3. The van der Waals surface area contributed by atoms with E-state index in [-0.39, 0.29) is 62.3 Å². The van der Waals surface area contributed by atoms with E-state index in [4.69, 9.17) is 104 Å². The molecule has 0 fully saturated rings. The summed E-state index contributed by atoms with van der Waals surface area (Å²) in [5.41, 5.74) is 0.672. The van der Waals surface area contributed by atoms with Crippen molar-refractivity contribution in [3.8, 4) is 0 Å². The highest BCUT2D eigenvalue weighted by molar-refractivity contribution is 6.49. The van der Waals surface area contributed by atoms with Gasteiger partial charge in [0, 0.05) is 10.7 Å². The molecule has 0 aliphatic carbocycles. The third kappa shape index (κ3) is 5.55. The zero-order chi connectivity index (χ0) is 23.0. The highest BCUT2D eigenvalue weighted by atomic mass is 35.5. The summed E-state index contributed by atoms with van der Waals surface area (Å²) in [6.07, 6.45) is 0. The number of hydrogen-bond acceptors (Lipinski definition) is 1. The molecule has 0 spiro atoms. The van der Waals surface area contributed by atoms with E-state index in [0.717, 1.165) is 0 Å². The van der Waals surface area contributed by atoms with Crippen LogP contribution in [0.25, 0.3) is 0 Å². The maximum absolute atomic E-state index is 13.3. The van der Waals surface area contributed by atoms with Gasteiger partial charge in [0.25, 0.3) is 0 Å². The van der Waals surface area contributed by atoms with Gasteiger partial charge in [0.2, 0.25) is 0 Å². The molecule has 0 unspecified atom stereocenters. The fourth-order valence-corrected chi connectivity index (χ4v) is 4.41. The van der Waals surface area contributed by atoms with Crippen LogP contribution in [0.3, 0.4) is 0 Å². The van der Waals surface area contributed by atoms with E-state index in [9.17, 15) is 4.79 Å². The zero-order valence-corrected chi connectivity index (χ0v) is 21.5. The summed E-state index contributed by atoms with van der Waals surface area (Å²) in [6, 6.07) is 7.94. The van der Waals surface area contributed by atoms with Crippen molar-refractivity contribution in [3.05, 3.63) is 81.6 Å². The van der Waals surface area contributed by atoms with Gasteiger partial charge in [-0.15, -0.1) is 0 Å². The van der Waals surface area contributed by atoms with Crippen molar-refractivity contribution in [1.29, 1.82) is 0 Å². The van der Waals surface area contributed by atoms with Crippen LogP contribution in [0.2, 0.25) is 45.2 Å². The smallest absolute Gasteiger partial charge is 0.307 e. The summed E-state index contributed by atoms with van der Waals surface area (Å²) < 4.78 is 0. The summed E-state index contributed by atoms with van der Waals surface area (Å²) in [6.45, 7) is 0. The number of carbonyl (C=O) groups is 1. The van der Waals surface area contributed by atoms with Crippen molar-refractivity contribution >= 4 is 128 Å². The lowest BCUT2D eigenvalue weighted by Gasteiger charge is -2.26. The maximum atomic E-state index is 13.3. The van der Waals surface area contributed by atoms with E-state index in [0.29, 0.717) is 0 Å². The van der Waals surface area contributed by atoms with E-state index in [1.807, 2.05) is 0 Å². The number of rotatable bonds is 3. The van der Waals surface area contributed by atoms with Crippen LogP contribution in [0.4, 0.5) is 21.9 Å². The van der Waals surface area contributed by atoms with E-state index < -0.39 is 6.03 Å². The highest BCUT2D eigenvalue weighted by Crippen LogP contribution is 2.43. The predicted octanol–water partition coefficient (Wildman–Crippen LogP) is 10.9. The van der Waals surface area contributed by atoms with Gasteiger partial charge in [-0.25, -0.2) is 4.79 Å². The molecule has 2 amide bonds. The normalized spacial score (nSPS) is 10.9. The average Bonchev–Trinajstić information content (AvgIpc) is 2.67. The number of benzene rings is 3. The molecule has 3 aromatic rings. The summed E-state index contributed by atoms with van der Waals surface area (Å²) in [7, 11) is 0. The van der Waals surface area contributed by atoms with Gasteiger partial charge in [0.15, 0.2) is 0 Å². The van der Waals surface area contributed by atoms with E-state index in [2.05, 4.69) is 5.32 Å². The molecule has 0 aliphatic rings. The Bertz CT molecular complexity index is 1150. The van der Waals surface area contributed by atoms with Crippen LogP contribution >= 0.6 is 104 Å². The Labute approximate surface area is 222 Å². The third-order valence-corrected chi connectivity index (χ3v) is 7.28. The summed E-state index contributed by atoms with van der Waals surface area (Å²) in [5, 5.41) is 3.91. The third-order valence-electron chi connectivity index (χ3n) is 3.88. The first-order chi connectivity index (χ1) is 14.5. The Kier molecular flexibility index (Phi) is 8.29. The first-order valence-corrected chi connectivity index (χ1v) is 11.4. The molecule has 0 aliphatic heterocycles. The molecular weight excluding hydrogens is 591 g/mol. The Morgan fingerprint density at radius 1 is 0.613 bits per heavy atom. The topological polar surface area (TPSA) is 32.3 Å². The lowest BCUT2D eigenvalue weighted by atomic mass is 10.2. The lowest BCUT2D eigenvalue weighted by Crippen LogP contribution is -2.31. The molecular formula is C19H7Cl9N2O. The Morgan fingerprint density at radius 3 is 1.58 bits per heavy atom. The number of urea groups is 1. The van der Waals surface area contributed by atoms with Crippen molar-refractivity contribution in [1.82, 2.24) is 0 Å². The number of hydrogen-bond donors (Lipinski definition) is 1. The molecule has 31 heavy (non-hydrogen) atoms. The molecule has 0 saturated heterocycles. The van der Waals surface area contributed by atoms with Crippen molar-refractivity contribution in [2.75, 3.05) is 10.2 Å². The van der Waals surface area contributed by atoms with Gasteiger partial charge in [-0.3, -0.25) is 4.90 Å². The van der Waals surface area contributed by atoms with Crippen LogP contribution in [-0.4, -0.2) is 6.03 Å². The van der Waals surface area contributed by atoms with Gasteiger partial charge >= 0.3 is 6.03 Å². The van der Waals surface area contributed by atoms with Gasteiger partial charge < -0.3 is 5.32 Å². The zero-order valence-electron chi connectivity index (χ0n) is 14.7. The molecule has 0 aromatic heterocycles. The number of amides is 2. The van der Waals surface area contributed by atoms with Crippen LogP contribution in [0.5, 0.6) is 0 Å². The quantitative estimate of drug-likeness (QED) is 0.236. The first kappa shape index (κ1) is 25.2. The van der Waals surface area contributed by atoms with E-state index in [1.54, 1.807) is 0 Å². The SMILES string of the molecule is O=C(Nc1cc(Cl)c(Cl)c(Cl)c1)N(c1cc(Cl)c(Cl)c(Cl)c1)c1cc(Cl)cc(Cl)c1Cl. The lowest BCUT2D eigenvalue weighted by molar-refractivity contribution is 0.259. The van der Waals surface area contributed by atoms with Crippen molar-refractivity contribution in [2.24, 2.45) is 0 Å². The average molecular weight is 598 g/mol. The van der Waals surface area contributed by atoms with Gasteiger partial charge in [-0.05, 0) is 36.4 Å². The molecule has 12 heteroatoms. The van der Waals surface area contributed by atoms with E-state index >= 15 is 0 Å². The maximum Gasteiger partial charge on any atom is 0.330 e. The monoisotopic (exact) mass is 594 g/mol. The molecule has 0 atom stereocenters. The molecule has 3 aromatic carbocycles. The largest absolute Gasteiger partial charge is 0.330 e. The van der Waals surface area contributed by atoms with Crippen LogP contribution < -0.4 is 10.2 Å². The molecule has 1 N–H and O–H groups in total. The first-order valence-electron chi connectivity index (χ1n) is 8.04. The van der Waals surface area contributed by atoms with Crippen molar-refractivity contribution < 1.29 is 4.79 Å². The van der Waals surface area contributed by atoms with Crippen LogP contribution in [0.1, 0.15) is 0 Å². The molecule has 0 saturated carbocycles. The van der Waals surface area contributed by atoms with Crippen LogP contribution in [-0.2, 0) is 0 Å². The Morgan fingerprint density at radius 2 is 1.06 bits per heavy atom. The summed E-state index contributed by atoms with van der Waals surface area (Å²) in [4.78, 5) is 14.5. The molecule has 3 rings (SSSR count). The number of nitrogens with one attached hydrogen (secondary N) is 1. The minimum atomic E-state index is -0.677. The Balaban J connectivity index is 2.16. The summed E-state index contributed by atoms with van der Waals surface area (Å²) in [5.74, 6) is 0. The molecule has 162 valence electrons. The second-order valence-electron chi connectivity index (χ2n) is 5.96. The predicted molar refractivity (Wildman–Crippen MR) is 136 cm³/mol. The number of halogens is 9. The van der Waals surface area contributed by atoms with Gasteiger partial charge in [-0.2, -0.15) is 0 Å². The fraction of sp³-hybridized carbons (Fsp3) is 0. The molecule has 0 radical (unpaired) electrons. The second kappa shape index (κ2) is 10.2. The van der Waals surface area contributed by atoms with Gasteiger partial charge in [0.1, 0.15) is 0 Å². The van der Waals surface area contributed by atoms with E-state index in [1.165, 1.54) is 41.3 Å². The van der Waals surface area contributed by atoms with Crippen LogP contribution in [0, 0.1) is 0 Å². The van der Waals surface area contributed by atoms with Crippen molar-refractivity contribution in [3.63, 3.8) is 0 Å². The number of carbonyl (C=O) groups excluding carboxylic acids is 1. The fourth-order valence-electron chi connectivity index (χ4n) is 2.55. The highest BCUT2D eigenvalue weighted by Gasteiger charge is 2.25. The molecule has 0 bridgehead atoms. The second-order valence-corrected chi connectivity index (χ2v) is 9.57. The summed E-state index contributed by atoms with van der Waals surface area (Å²) >= 11 is 55.1. The van der Waals surface area contributed by atoms with Crippen molar-refractivity contribution in [2.45, 2.75) is 0 Å². The molecule has 0 heterocycles. The number of nitrogens with zero attached hydrogens (tertiary/aromatic N) is 1.